The average molecular weight is 307 g/mol. The number of nitrogens with one attached hydrogen (secondary N) is 1. The van der Waals surface area contributed by atoms with E-state index >= 15 is 0 Å². The van der Waals surface area contributed by atoms with Crippen LogP contribution >= 0.6 is 11.8 Å². The summed E-state index contributed by atoms with van der Waals surface area (Å²) in [7, 11) is 0. The summed E-state index contributed by atoms with van der Waals surface area (Å²) in [6.07, 6.45) is 8.14. The van der Waals surface area contributed by atoms with Gasteiger partial charge in [-0.15, -0.1) is 0 Å². The van der Waals surface area contributed by atoms with Crippen LogP contribution in [0, 0.1) is 5.92 Å². The van der Waals surface area contributed by atoms with Crippen LogP contribution in [0.1, 0.15) is 63.1 Å². The molecule has 1 aromatic carbocycles. The second-order valence-corrected chi connectivity index (χ2v) is 7.99. The molecule has 1 aromatic rings. The van der Waals surface area contributed by atoms with E-state index in [-0.39, 0.29) is 6.04 Å². The molecule has 2 nitrogen and oxygen atoms in total. The second kappa shape index (κ2) is 8.82. The number of nitrogens with two attached hydrogens (primary N) is 1. The summed E-state index contributed by atoms with van der Waals surface area (Å²) in [4.78, 5) is 0. The molecule has 0 saturated heterocycles. The van der Waals surface area contributed by atoms with Gasteiger partial charge in [0.1, 0.15) is 0 Å². The van der Waals surface area contributed by atoms with Gasteiger partial charge in [-0.25, -0.2) is 0 Å². The minimum atomic E-state index is 0.268. The van der Waals surface area contributed by atoms with Gasteiger partial charge in [-0.1, -0.05) is 57.4 Å². The Morgan fingerprint density at radius 2 is 2.00 bits per heavy atom. The molecule has 1 aliphatic carbocycles. The summed E-state index contributed by atoms with van der Waals surface area (Å²) in [5, 5.41) is 0.841. The van der Waals surface area contributed by atoms with Crippen LogP contribution < -0.4 is 11.3 Å². The van der Waals surface area contributed by atoms with Crippen LogP contribution in [0.3, 0.4) is 0 Å². The molecule has 2 rings (SSSR count). The molecule has 1 unspecified atom stereocenters. The lowest BCUT2D eigenvalue weighted by Crippen LogP contribution is -2.30. The highest BCUT2D eigenvalue weighted by atomic mass is 32.2. The minimum Gasteiger partial charge on any atom is -0.271 e. The summed E-state index contributed by atoms with van der Waals surface area (Å²) in [5.41, 5.74) is 5.77. The van der Waals surface area contributed by atoms with Crippen LogP contribution in [-0.4, -0.2) is 11.0 Å². The topological polar surface area (TPSA) is 38.0 Å². The van der Waals surface area contributed by atoms with Gasteiger partial charge in [0.15, 0.2) is 0 Å². The Bertz CT molecular complexity index is 413. The van der Waals surface area contributed by atoms with Crippen LogP contribution in [0.15, 0.2) is 24.3 Å². The van der Waals surface area contributed by atoms with Gasteiger partial charge in [-0.05, 0) is 36.3 Å². The summed E-state index contributed by atoms with van der Waals surface area (Å²) < 4.78 is 0. The highest BCUT2D eigenvalue weighted by Crippen LogP contribution is 2.31. The van der Waals surface area contributed by atoms with Crippen molar-refractivity contribution in [3.05, 3.63) is 35.4 Å². The van der Waals surface area contributed by atoms with E-state index in [4.69, 9.17) is 5.84 Å². The maximum atomic E-state index is 5.81. The van der Waals surface area contributed by atoms with Crippen molar-refractivity contribution in [2.24, 2.45) is 11.8 Å². The molecule has 0 aliphatic heterocycles. The van der Waals surface area contributed by atoms with Gasteiger partial charge < -0.3 is 0 Å². The van der Waals surface area contributed by atoms with E-state index in [9.17, 15) is 0 Å². The molecule has 0 heterocycles. The van der Waals surface area contributed by atoms with Gasteiger partial charge in [0, 0.05) is 11.0 Å². The first-order valence-corrected chi connectivity index (χ1v) is 9.40. The molecular weight excluding hydrogens is 276 g/mol. The Morgan fingerprint density at radius 3 is 2.67 bits per heavy atom. The van der Waals surface area contributed by atoms with E-state index in [0.717, 1.165) is 17.4 Å². The van der Waals surface area contributed by atoms with Crippen LogP contribution in [-0.2, 0) is 6.42 Å². The monoisotopic (exact) mass is 306 g/mol. The quantitative estimate of drug-likeness (QED) is 0.577. The molecule has 21 heavy (non-hydrogen) atoms. The maximum absolute atomic E-state index is 5.81. The zero-order valence-electron chi connectivity index (χ0n) is 13.5. The largest absolute Gasteiger partial charge is 0.271 e. The third-order valence-electron chi connectivity index (χ3n) is 4.25. The SMILES string of the molecule is CC(C)Cc1cccc(C(CSC2CCCCC2)NN)c1. The van der Waals surface area contributed by atoms with E-state index in [0.29, 0.717) is 5.92 Å². The molecule has 3 heteroatoms. The van der Waals surface area contributed by atoms with Gasteiger partial charge in [-0.3, -0.25) is 11.3 Å². The Morgan fingerprint density at radius 1 is 1.24 bits per heavy atom. The van der Waals surface area contributed by atoms with Crippen molar-refractivity contribution < 1.29 is 0 Å². The highest BCUT2D eigenvalue weighted by molar-refractivity contribution is 7.99. The number of hydrazine groups is 1. The normalized spacial score (nSPS) is 18.1. The van der Waals surface area contributed by atoms with Gasteiger partial charge in [-0.2, -0.15) is 11.8 Å². The molecule has 0 aromatic heterocycles. The van der Waals surface area contributed by atoms with E-state index < -0.39 is 0 Å². The number of hydrogen-bond donors (Lipinski definition) is 2. The average Bonchev–Trinajstić information content (AvgIpc) is 2.49. The molecule has 0 bridgehead atoms. The lowest BCUT2D eigenvalue weighted by atomic mass is 9.99. The second-order valence-electron chi connectivity index (χ2n) is 6.66. The standard InChI is InChI=1S/C18H30N2S/c1-14(2)11-15-7-6-8-16(12-15)18(20-19)13-21-17-9-4-3-5-10-17/h6-8,12,14,17-18,20H,3-5,9-11,13,19H2,1-2H3. The number of hydrogen-bond acceptors (Lipinski definition) is 3. The van der Waals surface area contributed by atoms with Crippen molar-refractivity contribution in [3.8, 4) is 0 Å². The molecule has 118 valence electrons. The predicted octanol–water partition coefficient (Wildman–Crippen LogP) is 4.46. The molecule has 1 saturated carbocycles. The van der Waals surface area contributed by atoms with E-state index in [2.05, 4.69) is 55.3 Å². The zero-order valence-corrected chi connectivity index (χ0v) is 14.3. The van der Waals surface area contributed by atoms with Crippen molar-refractivity contribution >= 4 is 11.8 Å². The van der Waals surface area contributed by atoms with Crippen molar-refractivity contribution in [1.82, 2.24) is 5.43 Å². The van der Waals surface area contributed by atoms with Gasteiger partial charge >= 0.3 is 0 Å². The zero-order chi connectivity index (χ0) is 15.1. The summed E-state index contributed by atoms with van der Waals surface area (Å²) in [6.45, 7) is 4.54. The lowest BCUT2D eigenvalue weighted by molar-refractivity contribution is 0.514. The highest BCUT2D eigenvalue weighted by Gasteiger charge is 2.17. The van der Waals surface area contributed by atoms with Crippen molar-refractivity contribution in [1.29, 1.82) is 0 Å². The first-order chi connectivity index (χ1) is 10.2. The minimum absolute atomic E-state index is 0.268. The molecule has 1 atom stereocenters. The van der Waals surface area contributed by atoms with E-state index in [1.165, 1.54) is 43.2 Å². The van der Waals surface area contributed by atoms with Crippen molar-refractivity contribution in [2.45, 2.75) is 63.7 Å². The molecule has 1 fully saturated rings. The number of thioether (sulfide) groups is 1. The smallest absolute Gasteiger partial charge is 0.0550 e. The first kappa shape index (κ1) is 16.9. The Labute approximate surface area is 134 Å². The molecule has 0 amide bonds. The lowest BCUT2D eigenvalue weighted by Gasteiger charge is -2.24. The summed E-state index contributed by atoms with van der Waals surface area (Å²) >= 11 is 2.10. The van der Waals surface area contributed by atoms with E-state index in [1.54, 1.807) is 0 Å². The van der Waals surface area contributed by atoms with Gasteiger partial charge in [0.05, 0.1) is 6.04 Å². The van der Waals surface area contributed by atoms with Crippen LogP contribution in [0.4, 0.5) is 0 Å². The van der Waals surface area contributed by atoms with Crippen molar-refractivity contribution in [2.75, 3.05) is 5.75 Å². The fourth-order valence-corrected chi connectivity index (χ4v) is 4.53. The fraction of sp³-hybridized carbons (Fsp3) is 0.667. The Hall–Kier alpha value is -0.510. The van der Waals surface area contributed by atoms with Crippen LogP contribution in [0.5, 0.6) is 0 Å². The number of rotatable bonds is 7. The molecule has 3 N–H and O–H groups in total. The number of benzene rings is 1. The summed E-state index contributed by atoms with van der Waals surface area (Å²) in [5.74, 6) is 7.58. The third-order valence-corrected chi connectivity index (χ3v) is 5.72. The van der Waals surface area contributed by atoms with E-state index in [1.807, 2.05) is 0 Å². The predicted molar refractivity (Wildman–Crippen MR) is 94.4 cm³/mol. The molecule has 1 aliphatic rings. The molecule has 0 radical (unpaired) electrons. The van der Waals surface area contributed by atoms with Gasteiger partial charge in [0.25, 0.3) is 0 Å². The summed E-state index contributed by atoms with van der Waals surface area (Å²) in [6, 6.07) is 9.19. The van der Waals surface area contributed by atoms with Crippen molar-refractivity contribution in [3.63, 3.8) is 0 Å². The Kier molecular flexibility index (Phi) is 7.08. The molecule has 0 spiro atoms. The molecular formula is C18H30N2S. The van der Waals surface area contributed by atoms with Crippen LogP contribution in [0.2, 0.25) is 0 Å². The van der Waals surface area contributed by atoms with Gasteiger partial charge in [0.2, 0.25) is 0 Å². The third kappa shape index (κ3) is 5.65. The first-order valence-electron chi connectivity index (χ1n) is 8.35. The van der Waals surface area contributed by atoms with Crippen LogP contribution in [0.25, 0.3) is 0 Å². The Balaban J connectivity index is 1.92. The fourth-order valence-electron chi connectivity index (χ4n) is 3.11. The maximum Gasteiger partial charge on any atom is 0.0550 e.